The van der Waals surface area contributed by atoms with Crippen LogP contribution in [0, 0.1) is 34.9 Å². The second kappa shape index (κ2) is 15.7. The van der Waals surface area contributed by atoms with E-state index in [9.17, 15) is 67.7 Å². The number of aromatic hydroxyl groups is 1. The molecule has 0 atom stereocenters. The summed E-state index contributed by atoms with van der Waals surface area (Å²) in [7, 11) is -6.12. The number of benzene rings is 4. The number of sulfonamides is 1. The zero-order valence-electron chi connectivity index (χ0n) is 27.7. The van der Waals surface area contributed by atoms with Crippen LogP contribution in [-0.2, 0) is 34.1 Å². The van der Waals surface area contributed by atoms with Crippen LogP contribution in [0.25, 0.3) is 0 Å². The van der Waals surface area contributed by atoms with Gasteiger partial charge in [-0.15, -0.1) is 0 Å². The average molecular weight is 789 g/mol. The highest BCUT2D eigenvalue weighted by Crippen LogP contribution is 2.36. The third-order valence-electron chi connectivity index (χ3n) is 9.02. The lowest BCUT2D eigenvalue weighted by Gasteiger charge is -2.29. The van der Waals surface area contributed by atoms with Crippen LogP contribution in [0.2, 0.25) is 0 Å². The van der Waals surface area contributed by atoms with Crippen molar-refractivity contribution in [2.24, 2.45) is 0 Å². The highest BCUT2D eigenvalue weighted by molar-refractivity contribution is 7.89. The molecule has 1 fully saturated rings. The van der Waals surface area contributed by atoms with Crippen LogP contribution < -0.4 is 4.90 Å². The van der Waals surface area contributed by atoms with E-state index in [1.54, 1.807) is 24.3 Å². The summed E-state index contributed by atoms with van der Waals surface area (Å²) in [4.78, 5) is 23.9. The van der Waals surface area contributed by atoms with Crippen molar-refractivity contribution in [3.8, 4) is 5.75 Å². The van der Waals surface area contributed by atoms with Gasteiger partial charge in [-0.25, -0.2) is 39.6 Å². The molecule has 1 aliphatic rings. The number of carboxylic acids is 1. The normalized spacial score (nSPS) is 14.0. The highest BCUT2D eigenvalue weighted by Gasteiger charge is 2.41. The van der Waals surface area contributed by atoms with E-state index >= 15 is 0 Å². The van der Waals surface area contributed by atoms with Crippen LogP contribution in [-0.4, -0.2) is 41.4 Å². The molecule has 5 rings (SSSR count). The summed E-state index contributed by atoms with van der Waals surface area (Å²) in [6.07, 6.45) is -0.336. The maximum absolute atomic E-state index is 15.0. The van der Waals surface area contributed by atoms with Crippen molar-refractivity contribution in [3.05, 3.63) is 123 Å². The van der Waals surface area contributed by atoms with Gasteiger partial charge in [0.25, 0.3) is 0 Å². The highest BCUT2D eigenvalue weighted by atomic mass is 32.2. The number of carboxylic acid groups (broad SMARTS) is 1. The van der Waals surface area contributed by atoms with E-state index in [0.717, 1.165) is 60.8 Å². The molecular weight excluding hydrogens is 759 g/mol. The SMILES string of the molecule is O=C(O)c1ccc(N(Cc2ccc(C3CCCCC3)cc2)C(=O)CN(Cc2ccc(F)cc2C(F)(F)F)S(=O)(=O)c2c(F)c(F)c(F)c(F)c2F)cc1O. The van der Waals surface area contributed by atoms with Crippen molar-refractivity contribution in [1.82, 2.24) is 4.31 Å². The number of carbonyl (C=O) groups is 2. The summed E-state index contributed by atoms with van der Waals surface area (Å²) >= 11 is 0. The third-order valence-corrected chi connectivity index (χ3v) is 10.8. The molecule has 4 aromatic carbocycles. The summed E-state index contributed by atoms with van der Waals surface area (Å²) in [5.74, 6) is -18.9. The van der Waals surface area contributed by atoms with E-state index in [4.69, 9.17) is 0 Å². The molecule has 0 unspecified atom stereocenters. The van der Waals surface area contributed by atoms with Gasteiger partial charge in [-0.3, -0.25) is 4.79 Å². The number of carbonyl (C=O) groups excluding carboxylic acids is 1. The monoisotopic (exact) mass is 788 g/mol. The third kappa shape index (κ3) is 8.33. The Morgan fingerprint density at radius 2 is 1.35 bits per heavy atom. The Hall–Kier alpha value is -5.10. The zero-order chi connectivity index (χ0) is 39.7. The first-order valence-electron chi connectivity index (χ1n) is 16.1. The minimum atomic E-state index is -6.12. The van der Waals surface area contributed by atoms with E-state index in [-0.39, 0.29) is 22.0 Å². The number of anilines is 1. The first kappa shape index (κ1) is 40.1. The fourth-order valence-corrected chi connectivity index (χ4v) is 7.73. The molecule has 4 aromatic rings. The summed E-state index contributed by atoms with van der Waals surface area (Å²) in [5, 5.41) is 19.8. The van der Waals surface area contributed by atoms with Crippen molar-refractivity contribution in [1.29, 1.82) is 0 Å². The van der Waals surface area contributed by atoms with Gasteiger partial charge in [-0.1, -0.05) is 49.6 Å². The Labute approximate surface area is 302 Å². The predicted octanol–water partition coefficient (Wildman–Crippen LogP) is 8.42. The van der Waals surface area contributed by atoms with Gasteiger partial charge in [0.1, 0.15) is 17.1 Å². The molecule has 0 aliphatic heterocycles. The van der Waals surface area contributed by atoms with E-state index < -0.39 is 110 Å². The smallest absolute Gasteiger partial charge is 0.416 e. The fraction of sp³-hybridized carbons (Fsp3) is 0.278. The van der Waals surface area contributed by atoms with Crippen molar-refractivity contribution in [3.63, 3.8) is 0 Å². The number of nitrogens with zero attached hydrogens (tertiary/aromatic N) is 2. The standard InChI is InChI=1S/C36H29F9N2O6S/c37-23-11-10-22(26(14-23)36(43,44)45)17-46(54(52,53)34-32(41)30(39)29(38)31(40)33(34)42)18-28(49)47(24-12-13-25(35(50)51)27(48)15-24)16-19-6-8-21(9-7-19)20-4-2-1-3-5-20/h6-15,20,48H,1-5,16-18H2,(H,50,51). The lowest BCUT2D eigenvalue weighted by atomic mass is 9.84. The molecule has 1 aliphatic carbocycles. The Morgan fingerprint density at radius 1 is 0.759 bits per heavy atom. The number of hydrogen-bond acceptors (Lipinski definition) is 5. The van der Waals surface area contributed by atoms with Gasteiger partial charge < -0.3 is 15.1 Å². The summed E-state index contributed by atoms with van der Waals surface area (Å²) in [6, 6.07) is 10.4. The van der Waals surface area contributed by atoms with Crippen LogP contribution in [0.1, 0.15) is 70.6 Å². The number of aromatic carboxylic acids is 1. The van der Waals surface area contributed by atoms with E-state index in [1.165, 1.54) is 0 Å². The molecular formula is C36H29F9N2O6S. The molecule has 54 heavy (non-hydrogen) atoms. The largest absolute Gasteiger partial charge is 0.507 e. The van der Waals surface area contributed by atoms with Crippen LogP contribution in [0.15, 0.2) is 65.6 Å². The first-order chi connectivity index (χ1) is 25.3. The average Bonchev–Trinajstić information content (AvgIpc) is 3.12. The quantitative estimate of drug-likeness (QED) is 0.0897. The second-order valence-electron chi connectivity index (χ2n) is 12.5. The second-order valence-corrected chi connectivity index (χ2v) is 14.4. The van der Waals surface area contributed by atoms with Crippen molar-refractivity contribution in [2.45, 2.75) is 62.2 Å². The van der Waals surface area contributed by atoms with Crippen molar-refractivity contribution in [2.75, 3.05) is 11.4 Å². The number of amides is 1. The Bertz CT molecular complexity index is 2160. The van der Waals surface area contributed by atoms with Crippen molar-refractivity contribution < 1.29 is 67.7 Å². The van der Waals surface area contributed by atoms with Crippen LogP contribution in [0.3, 0.4) is 0 Å². The molecule has 8 nitrogen and oxygen atoms in total. The number of phenols is 1. The molecule has 0 aromatic heterocycles. The van der Waals surface area contributed by atoms with Crippen molar-refractivity contribution >= 4 is 27.6 Å². The predicted molar refractivity (Wildman–Crippen MR) is 174 cm³/mol. The molecule has 0 heterocycles. The molecule has 1 saturated carbocycles. The van der Waals surface area contributed by atoms with Gasteiger partial charge in [0.15, 0.2) is 28.2 Å². The minimum absolute atomic E-state index is 0.0313. The molecule has 2 N–H and O–H groups in total. The molecule has 1 amide bonds. The van der Waals surface area contributed by atoms with Gasteiger partial charge in [-0.2, -0.15) is 17.5 Å². The summed E-state index contributed by atoms with van der Waals surface area (Å²) < 4.78 is 155. The van der Waals surface area contributed by atoms with Gasteiger partial charge in [0, 0.05) is 18.3 Å². The van der Waals surface area contributed by atoms with Crippen LogP contribution >= 0.6 is 0 Å². The molecule has 0 saturated heterocycles. The minimum Gasteiger partial charge on any atom is -0.507 e. The van der Waals surface area contributed by atoms with E-state index in [1.807, 2.05) is 0 Å². The maximum atomic E-state index is 15.0. The maximum Gasteiger partial charge on any atom is 0.416 e. The summed E-state index contributed by atoms with van der Waals surface area (Å²) in [6.45, 7) is -3.69. The Morgan fingerprint density at radius 3 is 1.91 bits per heavy atom. The van der Waals surface area contributed by atoms with Crippen LogP contribution in [0.5, 0.6) is 5.75 Å². The van der Waals surface area contributed by atoms with Gasteiger partial charge in [-0.05, 0) is 59.7 Å². The van der Waals surface area contributed by atoms with E-state index in [0.29, 0.717) is 17.7 Å². The van der Waals surface area contributed by atoms with Gasteiger partial charge in [0.05, 0.1) is 18.7 Å². The molecule has 18 heteroatoms. The van der Waals surface area contributed by atoms with Crippen LogP contribution in [0.4, 0.5) is 45.2 Å². The molecule has 288 valence electrons. The molecule has 0 spiro atoms. The lowest BCUT2D eigenvalue weighted by Crippen LogP contribution is -2.43. The zero-order valence-corrected chi connectivity index (χ0v) is 28.6. The van der Waals surface area contributed by atoms with E-state index in [2.05, 4.69) is 0 Å². The first-order valence-corrected chi connectivity index (χ1v) is 17.6. The number of hydrogen-bond donors (Lipinski definition) is 2. The molecule has 0 bridgehead atoms. The topological polar surface area (TPSA) is 115 Å². The number of rotatable bonds is 11. The number of halogens is 9. The Balaban J connectivity index is 1.62. The fourth-order valence-electron chi connectivity index (χ4n) is 6.25. The van der Waals surface area contributed by atoms with Gasteiger partial charge >= 0.3 is 12.1 Å². The lowest BCUT2D eigenvalue weighted by molar-refractivity contribution is -0.138. The summed E-state index contributed by atoms with van der Waals surface area (Å²) in [5.41, 5.74) is -2.40. The van der Waals surface area contributed by atoms with Gasteiger partial charge in [0.2, 0.25) is 21.7 Å². The Kier molecular flexibility index (Phi) is 11.7. The molecule has 0 radical (unpaired) electrons. The number of alkyl halides is 3.